The first-order chi connectivity index (χ1) is 9.63. The predicted molar refractivity (Wildman–Crippen MR) is 78.9 cm³/mol. The SMILES string of the molecule is CN(C)C(=O)c1cc(-c2ccccc2)ccc1CON. The minimum absolute atomic E-state index is 0.0603. The summed E-state index contributed by atoms with van der Waals surface area (Å²) in [6, 6.07) is 15.7. The van der Waals surface area contributed by atoms with Gasteiger partial charge >= 0.3 is 0 Å². The molecule has 2 rings (SSSR count). The van der Waals surface area contributed by atoms with Crippen molar-refractivity contribution in [3.05, 3.63) is 59.7 Å². The number of amides is 1. The monoisotopic (exact) mass is 270 g/mol. The summed E-state index contributed by atoms with van der Waals surface area (Å²) in [5.41, 5.74) is 3.46. The summed E-state index contributed by atoms with van der Waals surface area (Å²) in [6.45, 7) is 0.212. The average Bonchev–Trinajstić information content (AvgIpc) is 2.48. The zero-order valence-electron chi connectivity index (χ0n) is 11.7. The summed E-state index contributed by atoms with van der Waals surface area (Å²) in [6.07, 6.45) is 0. The molecular formula is C16H18N2O2. The molecule has 4 heteroatoms. The van der Waals surface area contributed by atoms with Crippen LogP contribution in [0.15, 0.2) is 48.5 Å². The van der Waals surface area contributed by atoms with Crippen molar-refractivity contribution in [2.24, 2.45) is 5.90 Å². The molecule has 0 fully saturated rings. The van der Waals surface area contributed by atoms with Gasteiger partial charge in [0.25, 0.3) is 5.91 Å². The zero-order chi connectivity index (χ0) is 14.5. The van der Waals surface area contributed by atoms with Gasteiger partial charge in [-0.25, -0.2) is 5.90 Å². The normalized spacial score (nSPS) is 10.3. The molecule has 0 atom stereocenters. The number of rotatable bonds is 4. The van der Waals surface area contributed by atoms with Crippen molar-refractivity contribution in [1.29, 1.82) is 0 Å². The Kier molecular flexibility index (Phi) is 4.50. The van der Waals surface area contributed by atoms with Crippen LogP contribution in [0, 0.1) is 0 Å². The topological polar surface area (TPSA) is 55.6 Å². The maximum Gasteiger partial charge on any atom is 0.253 e. The molecule has 0 radical (unpaired) electrons. The quantitative estimate of drug-likeness (QED) is 0.868. The Labute approximate surface area is 118 Å². The van der Waals surface area contributed by atoms with Crippen LogP contribution in [0.5, 0.6) is 0 Å². The van der Waals surface area contributed by atoms with Crippen LogP contribution in [0.25, 0.3) is 11.1 Å². The van der Waals surface area contributed by atoms with Gasteiger partial charge in [0, 0.05) is 19.7 Å². The van der Waals surface area contributed by atoms with Crippen LogP contribution in [0.2, 0.25) is 0 Å². The fourth-order valence-electron chi connectivity index (χ4n) is 2.04. The lowest BCUT2D eigenvalue weighted by atomic mass is 9.98. The van der Waals surface area contributed by atoms with Crippen molar-refractivity contribution < 1.29 is 9.63 Å². The average molecular weight is 270 g/mol. The van der Waals surface area contributed by atoms with E-state index in [0.29, 0.717) is 5.56 Å². The van der Waals surface area contributed by atoms with E-state index in [9.17, 15) is 4.79 Å². The van der Waals surface area contributed by atoms with Gasteiger partial charge < -0.3 is 4.90 Å². The van der Waals surface area contributed by atoms with Crippen LogP contribution in [-0.4, -0.2) is 24.9 Å². The van der Waals surface area contributed by atoms with Gasteiger partial charge in [0.2, 0.25) is 0 Å². The van der Waals surface area contributed by atoms with E-state index in [1.807, 2.05) is 48.5 Å². The van der Waals surface area contributed by atoms with Gasteiger partial charge in [0.15, 0.2) is 0 Å². The Morgan fingerprint density at radius 2 is 1.80 bits per heavy atom. The molecule has 20 heavy (non-hydrogen) atoms. The van der Waals surface area contributed by atoms with Gasteiger partial charge in [0.05, 0.1) is 6.61 Å². The van der Waals surface area contributed by atoms with E-state index in [4.69, 9.17) is 5.90 Å². The lowest BCUT2D eigenvalue weighted by molar-refractivity contribution is 0.0817. The minimum Gasteiger partial charge on any atom is -0.345 e. The molecule has 0 aliphatic heterocycles. The summed E-state index contributed by atoms with van der Waals surface area (Å²) >= 11 is 0. The standard InChI is InChI=1S/C16H18N2O2/c1-18(2)16(19)15-10-13(8-9-14(15)11-20-17)12-6-4-3-5-7-12/h3-10H,11,17H2,1-2H3. The van der Waals surface area contributed by atoms with E-state index >= 15 is 0 Å². The molecule has 1 amide bonds. The highest BCUT2D eigenvalue weighted by atomic mass is 16.6. The van der Waals surface area contributed by atoms with Crippen LogP contribution in [0.4, 0.5) is 0 Å². The minimum atomic E-state index is -0.0603. The van der Waals surface area contributed by atoms with Gasteiger partial charge in [0.1, 0.15) is 0 Å². The third-order valence-corrected chi connectivity index (χ3v) is 3.09. The van der Waals surface area contributed by atoms with Crippen molar-refractivity contribution in [1.82, 2.24) is 4.90 Å². The number of nitrogens with zero attached hydrogens (tertiary/aromatic N) is 1. The third kappa shape index (κ3) is 3.04. The number of hydrogen-bond donors (Lipinski definition) is 1. The molecule has 2 N–H and O–H groups in total. The lowest BCUT2D eigenvalue weighted by Crippen LogP contribution is -2.23. The Morgan fingerprint density at radius 1 is 1.10 bits per heavy atom. The largest absolute Gasteiger partial charge is 0.345 e. The molecule has 0 bridgehead atoms. The van der Waals surface area contributed by atoms with Gasteiger partial charge in [-0.05, 0) is 22.8 Å². The summed E-state index contributed by atoms with van der Waals surface area (Å²) in [4.78, 5) is 18.5. The van der Waals surface area contributed by atoms with Gasteiger partial charge in [-0.3, -0.25) is 9.63 Å². The van der Waals surface area contributed by atoms with Crippen molar-refractivity contribution in [3.63, 3.8) is 0 Å². The first-order valence-corrected chi connectivity index (χ1v) is 6.35. The van der Waals surface area contributed by atoms with Crippen LogP contribution in [0.1, 0.15) is 15.9 Å². The van der Waals surface area contributed by atoms with Crippen LogP contribution in [0.3, 0.4) is 0 Å². The van der Waals surface area contributed by atoms with E-state index in [2.05, 4.69) is 4.84 Å². The zero-order valence-corrected chi connectivity index (χ0v) is 11.7. The van der Waals surface area contributed by atoms with Crippen LogP contribution in [-0.2, 0) is 11.4 Å². The van der Waals surface area contributed by atoms with E-state index in [1.165, 1.54) is 0 Å². The van der Waals surface area contributed by atoms with Gasteiger partial charge in [-0.1, -0.05) is 42.5 Å². The fourth-order valence-corrected chi connectivity index (χ4v) is 2.04. The Morgan fingerprint density at radius 3 is 2.40 bits per heavy atom. The summed E-state index contributed by atoms with van der Waals surface area (Å²) in [7, 11) is 3.45. The van der Waals surface area contributed by atoms with Crippen molar-refractivity contribution >= 4 is 5.91 Å². The van der Waals surface area contributed by atoms with E-state index in [-0.39, 0.29) is 12.5 Å². The molecule has 0 aliphatic carbocycles. The van der Waals surface area contributed by atoms with E-state index in [1.54, 1.807) is 19.0 Å². The molecule has 2 aromatic rings. The van der Waals surface area contributed by atoms with E-state index < -0.39 is 0 Å². The summed E-state index contributed by atoms with van der Waals surface area (Å²) in [5.74, 6) is 5.07. The number of nitrogens with two attached hydrogens (primary N) is 1. The highest BCUT2D eigenvalue weighted by molar-refractivity contribution is 5.96. The Hall–Kier alpha value is -2.17. The molecule has 0 spiro atoms. The number of carbonyl (C=O) groups is 1. The molecule has 4 nitrogen and oxygen atoms in total. The molecule has 0 heterocycles. The summed E-state index contributed by atoms with van der Waals surface area (Å²) in [5, 5.41) is 0. The lowest BCUT2D eigenvalue weighted by Gasteiger charge is -2.15. The molecule has 0 unspecified atom stereocenters. The third-order valence-electron chi connectivity index (χ3n) is 3.09. The first-order valence-electron chi connectivity index (χ1n) is 6.35. The first kappa shape index (κ1) is 14.2. The maximum atomic E-state index is 12.3. The van der Waals surface area contributed by atoms with Gasteiger partial charge in [-0.2, -0.15) is 0 Å². The molecule has 0 saturated heterocycles. The molecular weight excluding hydrogens is 252 g/mol. The molecule has 0 aliphatic rings. The van der Waals surface area contributed by atoms with Crippen LogP contribution >= 0.6 is 0 Å². The second-order valence-corrected chi connectivity index (χ2v) is 4.75. The second-order valence-electron chi connectivity index (χ2n) is 4.75. The highest BCUT2D eigenvalue weighted by Gasteiger charge is 2.14. The van der Waals surface area contributed by atoms with Crippen molar-refractivity contribution in [3.8, 4) is 11.1 Å². The second kappa shape index (κ2) is 6.32. The molecule has 0 aromatic heterocycles. The van der Waals surface area contributed by atoms with Crippen molar-refractivity contribution in [2.45, 2.75) is 6.61 Å². The van der Waals surface area contributed by atoms with Crippen LogP contribution < -0.4 is 5.90 Å². The molecule has 104 valence electrons. The predicted octanol–water partition coefficient (Wildman–Crippen LogP) is 2.45. The maximum absolute atomic E-state index is 12.3. The molecule has 0 saturated carbocycles. The number of benzene rings is 2. The van der Waals surface area contributed by atoms with Gasteiger partial charge in [-0.15, -0.1) is 0 Å². The highest BCUT2D eigenvalue weighted by Crippen LogP contribution is 2.23. The Balaban J connectivity index is 2.48. The fraction of sp³-hybridized carbons (Fsp3) is 0.188. The number of hydrogen-bond acceptors (Lipinski definition) is 3. The Bertz CT molecular complexity index is 595. The van der Waals surface area contributed by atoms with Crippen molar-refractivity contribution in [2.75, 3.05) is 14.1 Å². The smallest absolute Gasteiger partial charge is 0.253 e. The van der Waals surface area contributed by atoms with E-state index in [0.717, 1.165) is 16.7 Å². The molecule has 2 aromatic carbocycles. The number of carbonyl (C=O) groups excluding carboxylic acids is 1. The summed E-state index contributed by atoms with van der Waals surface area (Å²) < 4.78 is 0.